The highest BCUT2D eigenvalue weighted by atomic mass is 16.2. The van der Waals surface area contributed by atoms with Crippen LogP contribution < -0.4 is 21.3 Å². The summed E-state index contributed by atoms with van der Waals surface area (Å²) in [5.74, 6) is 1.18. The zero-order chi connectivity index (χ0) is 25.9. The number of aromatic nitrogens is 3. The van der Waals surface area contributed by atoms with Crippen LogP contribution in [0.1, 0.15) is 74.8 Å². The van der Waals surface area contributed by atoms with E-state index in [1.807, 2.05) is 24.3 Å². The summed E-state index contributed by atoms with van der Waals surface area (Å²) in [5, 5.41) is 14.8. The summed E-state index contributed by atoms with van der Waals surface area (Å²) in [6.45, 7) is 11.2. The minimum Gasteiger partial charge on any atom is -0.364 e. The molecule has 4 rings (SSSR count). The van der Waals surface area contributed by atoms with Crippen molar-refractivity contribution in [3.8, 4) is 0 Å². The Labute approximate surface area is 213 Å². The molecule has 2 aliphatic rings. The molecule has 2 amide bonds. The van der Waals surface area contributed by atoms with Crippen LogP contribution >= 0.6 is 0 Å². The van der Waals surface area contributed by atoms with Gasteiger partial charge >= 0.3 is 0 Å². The first-order chi connectivity index (χ1) is 17.2. The van der Waals surface area contributed by atoms with Crippen molar-refractivity contribution in [2.24, 2.45) is 17.6 Å². The average Bonchev–Trinajstić information content (AvgIpc) is 3.39. The maximum atomic E-state index is 12.2. The lowest BCUT2D eigenvalue weighted by Crippen LogP contribution is -2.60. The molecule has 4 N–H and O–H groups in total. The third kappa shape index (κ3) is 5.83. The minimum absolute atomic E-state index is 0.0150. The van der Waals surface area contributed by atoms with E-state index in [1.54, 1.807) is 0 Å². The van der Waals surface area contributed by atoms with Crippen LogP contribution in [0.5, 0.6) is 0 Å². The molecule has 1 aliphatic carbocycles. The van der Waals surface area contributed by atoms with Gasteiger partial charge in [0.15, 0.2) is 11.5 Å². The molecule has 9 heteroatoms. The highest BCUT2D eigenvalue weighted by Gasteiger charge is 2.41. The maximum Gasteiger partial charge on any atom is 0.273 e. The number of nitrogens with one attached hydrogen (secondary N) is 2. The van der Waals surface area contributed by atoms with E-state index in [-0.39, 0.29) is 17.4 Å². The number of nitrogens with zero attached hydrogens (tertiary/aromatic N) is 4. The molecule has 2 fully saturated rings. The molecule has 1 saturated heterocycles. The normalized spacial score (nSPS) is 22.4. The molecule has 2 aromatic rings. The van der Waals surface area contributed by atoms with Crippen LogP contribution in [0, 0.1) is 11.8 Å². The van der Waals surface area contributed by atoms with Gasteiger partial charge in [-0.15, -0.1) is 10.2 Å². The standard InChI is InChI=1S/C27H37N7O2/c1-5-22(35)31-27(4)14-20(19-8-6-7-9-19)15-34(16-27)26-30-25(23(24(28)36)32-33-26)29-21-12-10-18(11-13-21)17(2)3/h5,10-13,17,19-20H,1,6-9,14-16H2,2-4H3,(H2,28,36)(H,31,35)(H,29,30,33). The Morgan fingerprint density at radius 1 is 1.17 bits per heavy atom. The fraction of sp³-hybridized carbons (Fsp3) is 0.519. The molecule has 2 atom stereocenters. The number of hydrogen-bond donors (Lipinski definition) is 3. The predicted molar refractivity (Wildman–Crippen MR) is 141 cm³/mol. The van der Waals surface area contributed by atoms with Gasteiger partial charge in [-0.3, -0.25) is 9.59 Å². The molecule has 36 heavy (non-hydrogen) atoms. The Morgan fingerprint density at radius 3 is 2.47 bits per heavy atom. The van der Waals surface area contributed by atoms with Crippen molar-refractivity contribution < 1.29 is 9.59 Å². The maximum absolute atomic E-state index is 12.2. The third-order valence-corrected chi connectivity index (χ3v) is 7.42. The Bertz CT molecular complexity index is 1110. The van der Waals surface area contributed by atoms with Gasteiger partial charge in [0.1, 0.15) is 0 Å². The van der Waals surface area contributed by atoms with E-state index in [1.165, 1.54) is 37.3 Å². The lowest BCUT2D eigenvalue weighted by Gasteiger charge is -2.46. The Hall–Kier alpha value is -3.49. The van der Waals surface area contributed by atoms with Crippen molar-refractivity contribution in [1.82, 2.24) is 20.5 Å². The highest BCUT2D eigenvalue weighted by molar-refractivity contribution is 5.96. The fourth-order valence-corrected chi connectivity index (χ4v) is 5.61. The number of anilines is 3. The molecular weight excluding hydrogens is 454 g/mol. The first-order valence-electron chi connectivity index (χ1n) is 12.8. The van der Waals surface area contributed by atoms with Crippen LogP contribution in [0.4, 0.5) is 17.5 Å². The van der Waals surface area contributed by atoms with Crippen molar-refractivity contribution >= 4 is 29.3 Å². The van der Waals surface area contributed by atoms with Crippen LogP contribution in [0.25, 0.3) is 0 Å². The van der Waals surface area contributed by atoms with Gasteiger partial charge in [-0.25, -0.2) is 0 Å². The molecule has 0 spiro atoms. The number of nitrogens with two attached hydrogens (primary N) is 1. The van der Waals surface area contributed by atoms with Crippen LogP contribution in [-0.2, 0) is 4.79 Å². The largest absolute Gasteiger partial charge is 0.364 e. The second kappa shape index (κ2) is 10.6. The van der Waals surface area contributed by atoms with Crippen LogP contribution in [0.3, 0.4) is 0 Å². The molecule has 1 aromatic heterocycles. The lowest BCUT2D eigenvalue weighted by molar-refractivity contribution is -0.118. The number of benzene rings is 1. The van der Waals surface area contributed by atoms with Gasteiger partial charge in [0, 0.05) is 18.8 Å². The predicted octanol–water partition coefficient (Wildman–Crippen LogP) is 3.91. The summed E-state index contributed by atoms with van der Waals surface area (Å²) in [6.07, 6.45) is 7.07. The van der Waals surface area contributed by atoms with Crippen molar-refractivity contribution in [1.29, 1.82) is 0 Å². The average molecular weight is 492 g/mol. The summed E-state index contributed by atoms with van der Waals surface area (Å²) < 4.78 is 0. The molecule has 0 radical (unpaired) electrons. The molecule has 1 aliphatic heterocycles. The van der Waals surface area contributed by atoms with E-state index in [0.29, 0.717) is 30.2 Å². The van der Waals surface area contributed by atoms with Crippen LogP contribution in [0.2, 0.25) is 0 Å². The van der Waals surface area contributed by atoms with E-state index in [0.717, 1.165) is 18.7 Å². The van der Waals surface area contributed by atoms with Gasteiger partial charge in [0.25, 0.3) is 5.91 Å². The summed E-state index contributed by atoms with van der Waals surface area (Å²) >= 11 is 0. The third-order valence-electron chi connectivity index (χ3n) is 7.42. The van der Waals surface area contributed by atoms with E-state index in [4.69, 9.17) is 10.7 Å². The van der Waals surface area contributed by atoms with Gasteiger partial charge in [-0.1, -0.05) is 58.2 Å². The zero-order valence-corrected chi connectivity index (χ0v) is 21.5. The zero-order valence-electron chi connectivity index (χ0n) is 21.5. The summed E-state index contributed by atoms with van der Waals surface area (Å²) in [6, 6.07) is 7.97. The monoisotopic (exact) mass is 491 g/mol. The molecule has 9 nitrogen and oxygen atoms in total. The van der Waals surface area contributed by atoms with E-state index < -0.39 is 11.4 Å². The quantitative estimate of drug-likeness (QED) is 0.478. The lowest BCUT2D eigenvalue weighted by atomic mass is 9.76. The number of amides is 2. The number of rotatable bonds is 8. The van der Waals surface area contributed by atoms with E-state index in [2.05, 4.69) is 53.1 Å². The Morgan fingerprint density at radius 2 is 1.86 bits per heavy atom. The van der Waals surface area contributed by atoms with Gasteiger partial charge in [-0.05, 0) is 54.9 Å². The van der Waals surface area contributed by atoms with Gasteiger partial charge in [-0.2, -0.15) is 4.98 Å². The molecular formula is C27H37N7O2. The smallest absolute Gasteiger partial charge is 0.273 e. The van der Waals surface area contributed by atoms with Gasteiger partial charge in [0.05, 0.1) is 5.54 Å². The molecule has 192 valence electrons. The van der Waals surface area contributed by atoms with Crippen LogP contribution in [-0.4, -0.2) is 45.6 Å². The molecule has 0 bridgehead atoms. The second-order valence-corrected chi connectivity index (χ2v) is 10.7. The highest BCUT2D eigenvalue weighted by Crippen LogP contribution is 2.39. The van der Waals surface area contributed by atoms with Crippen molar-refractivity contribution in [2.45, 2.75) is 64.3 Å². The van der Waals surface area contributed by atoms with Crippen molar-refractivity contribution in [3.05, 3.63) is 48.2 Å². The number of carbonyl (C=O) groups excluding carboxylic acids is 2. The van der Waals surface area contributed by atoms with Gasteiger partial charge < -0.3 is 21.3 Å². The van der Waals surface area contributed by atoms with Crippen molar-refractivity contribution in [3.63, 3.8) is 0 Å². The second-order valence-electron chi connectivity index (χ2n) is 10.7. The topological polar surface area (TPSA) is 126 Å². The molecule has 2 heterocycles. The number of carbonyl (C=O) groups is 2. The Kier molecular flexibility index (Phi) is 7.56. The van der Waals surface area contributed by atoms with Gasteiger partial charge in [0.2, 0.25) is 11.9 Å². The first-order valence-corrected chi connectivity index (χ1v) is 12.8. The summed E-state index contributed by atoms with van der Waals surface area (Å²) in [7, 11) is 0. The minimum atomic E-state index is -0.701. The molecule has 1 aromatic carbocycles. The van der Waals surface area contributed by atoms with Crippen molar-refractivity contribution in [2.75, 3.05) is 23.3 Å². The number of piperidine rings is 1. The number of hydrogen-bond acceptors (Lipinski definition) is 7. The number of primary amides is 1. The van der Waals surface area contributed by atoms with Crippen LogP contribution in [0.15, 0.2) is 36.9 Å². The van der Waals surface area contributed by atoms with E-state index in [9.17, 15) is 9.59 Å². The summed E-state index contributed by atoms with van der Waals surface area (Å²) in [4.78, 5) is 31.1. The molecule has 2 unspecified atom stereocenters. The van der Waals surface area contributed by atoms with E-state index >= 15 is 0 Å². The summed E-state index contributed by atoms with van der Waals surface area (Å²) in [5.41, 5.74) is 7.09. The SMILES string of the molecule is C=CC(=O)NC1(C)CC(C2CCCC2)CN(c2nnc(C(N)=O)c(Nc3ccc(C(C)C)cc3)n2)C1. The molecule has 1 saturated carbocycles. The Balaban J connectivity index is 1.64. The fourth-order valence-electron chi connectivity index (χ4n) is 5.61. The first kappa shape index (κ1) is 25.6.